The maximum absolute atomic E-state index is 10.9. The van der Waals surface area contributed by atoms with E-state index in [-0.39, 0.29) is 6.03 Å². The molecular formula is C7H9N3O2. The Bertz CT molecular complexity index is 256. The van der Waals surface area contributed by atoms with Crippen LogP contribution in [0, 0.1) is 0 Å². The molecule has 5 nitrogen and oxygen atoms in total. The zero-order valence-electron chi connectivity index (χ0n) is 6.41. The fourth-order valence-electron chi connectivity index (χ4n) is 0.602. The standard InChI is InChI=1S/C7H9N3O2/c1-2-4-8-7(11)9-6-3-5-12-10-6/h2-3,5H,1,4H2,(H2,8,9,10,11). The molecule has 0 atom stereocenters. The number of amides is 2. The van der Waals surface area contributed by atoms with Gasteiger partial charge in [-0.15, -0.1) is 6.58 Å². The molecule has 0 unspecified atom stereocenters. The summed E-state index contributed by atoms with van der Waals surface area (Å²) in [5.41, 5.74) is 0. The van der Waals surface area contributed by atoms with E-state index in [4.69, 9.17) is 0 Å². The maximum Gasteiger partial charge on any atom is 0.320 e. The fraction of sp³-hybridized carbons (Fsp3) is 0.143. The summed E-state index contributed by atoms with van der Waals surface area (Å²) in [7, 11) is 0. The highest BCUT2D eigenvalue weighted by molar-refractivity contribution is 5.88. The molecule has 0 aromatic carbocycles. The maximum atomic E-state index is 10.9. The van der Waals surface area contributed by atoms with Gasteiger partial charge in [0.1, 0.15) is 6.26 Å². The first-order valence-electron chi connectivity index (χ1n) is 3.39. The fourth-order valence-corrected chi connectivity index (χ4v) is 0.602. The SMILES string of the molecule is C=CCNC(=O)Nc1ccon1. The topological polar surface area (TPSA) is 67.2 Å². The summed E-state index contributed by atoms with van der Waals surface area (Å²) in [4.78, 5) is 10.9. The van der Waals surface area contributed by atoms with Gasteiger partial charge in [0, 0.05) is 12.6 Å². The quantitative estimate of drug-likeness (QED) is 0.659. The Labute approximate surface area is 69.4 Å². The van der Waals surface area contributed by atoms with Crippen molar-refractivity contribution in [3.63, 3.8) is 0 Å². The van der Waals surface area contributed by atoms with Gasteiger partial charge < -0.3 is 9.84 Å². The number of carbonyl (C=O) groups is 1. The summed E-state index contributed by atoms with van der Waals surface area (Å²) in [6.07, 6.45) is 2.96. The molecule has 0 aliphatic rings. The van der Waals surface area contributed by atoms with E-state index in [0.29, 0.717) is 12.4 Å². The lowest BCUT2D eigenvalue weighted by atomic mass is 10.6. The molecule has 1 heterocycles. The number of aromatic nitrogens is 1. The lowest BCUT2D eigenvalue weighted by Gasteiger charge is -2.00. The molecule has 0 saturated carbocycles. The summed E-state index contributed by atoms with van der Waals surface area (Å²) in [6, 6.07) is 1.22. The normalized spacial score (nSPS) is 9.00. The minimum Gasteiger partial charge on any atom is -0.363 e. The van der Waals surface area contributed by atoms with Crippen LogP contribution in [0.15, 0.2) is 29.5 Å². The highest BCUT2D eigenvalue weighted by Gasteiger charge is 2.00. The monoisotopic (exact) mass is 167 g/mol. The molecule has 64 valence electrons. The number of anilines is 1. The zero-order chi connectivity index (χ0) is 8.81. The molecule has 0 saturated heterocycles. The molecule has 1 aromatic rings. The van der Waals surface area contributed by atoms with Gasteiger partial charge >= 0.3 is 6.03 Å². The van der Waals surface area contributed by atoms with Crippen LogP contribution in [0.25, 0.3) is 0 Å². The number of nitrogens with one attached hydrogen (secondary N) is 2. The van der Waals surface area contributed by atoms with E-state index in [1.807, 2.05) is 0 Å². The van der Waals surface area contributed by atoms with Crippen LogP contribution in [0.3, 0.4) is 0 Å². The van der Waals surface area contributed by atoms with Gasteiger partial charge in [0.25, 0.3) is 0 Å². The molecule has 0 aliphatic heterocycles. The number of hydrogen-bond acceptors (Lipinski definition) is 3. The Morgan fingerprint density at radius 1 is 1.83 bits per heavy atom. The van der Waals surface area contributed by atoms with E-state index in [9.17, 15) is 4.79 Å². The lowest BCUT2D eigenvalue weighted by Crippen LogP contribution is -2.28. The smallest absolute Gasteiger partial charge is 0.320 e. The molecule has 2 amide bonds. The van der Waals surface area contributed by atoms with Crippen molar-refractivity contribution in [1.29, 1.82) is 0 Å². The molecule has 0 bridgehead atoms. The van der Waals surface area contributed by atoms with Crippen molar-refractivity contribution in [1.82, 2.24) is 10.5 Å². The number of hydrogen-bond donors (Lipinski definition) is 2. The minimum atomic E-state index is -0.330. The van der Waals surface area contributed by atoms with Crippen molar-refractivity contribution in [2.75, 3.05) is 11.9 Å². The van der Waals surface area contributed by atoms with Gasteiger partial charge in [-0.1, -0.05) is 11.2 Å². The van der Waals surface area contributed by atoms with Gasteiger partial charge in [0.15, 0.2) is 5.82 Å². The van der Waals surface area contributed by atoms with Crippen LogP contribution in [0.5, 0.6) is 0 Å². The van der Waals surface area contributed by atoms with Crippen molar-refractivity contribution in [2.45, 2.75) is 0 Å². The number of rotatable bonds is 3. The third kappa shape index (κ3) is 2.45. The Balaban J connectivity index is 2.32. The van der Waals surface area contributed by atoms with Crippen LogP contribution in [0.4, 0.5) is 10.6 Å². The van der Waals surface area contributed by atoms with Crippen molar-refractivity contribution >= 4 is 11.8 Å². The van der Waals surface area contributed by atoms with Crippen molar-refractivity contribution < 1.29 is 9.32 Å². The minimum absolute atomic E-state index is 0.330. The third-order valence-electron chi connectivity index (χ3n) is 1.09. The summed E-state index contributed by atoms with van der Waals surface area (Å²) in [5.74, 6) is 0.386. The Morgan fingerprint density at radius 3 is 3.25 bits per heavy atom. The average molecular weight is 167 g/mol. The predicted octanol–water partition coefficient (Wildman–Crippen LogP) is 0.982. The second-order valence-corrected chi connectivity index (χ2v) is 2.01. The van der Waals surface area contributed by atoms with Gasteiger partial charge in [-0.2, -0.15) is 0 Å². The molecule has 0 spiro atoms. The summed E-state index contributed by atoms with van der Waals surface area (Å²) in [6.45, 7) is 3.87. The van der Waals surface area contributed by atoms with Crippen LogP contribution in [-0.2, 0) is 0 Å². The average Bonchev–Trinajstić information content (AvgIpc) is 2.53. The first kappa shape index (κ1) is 8.32. The molecule has 0 radical (unpaired) electrons. The Morgan fingerprint density at radius 2 is 2.67 bits per heavy atom. The van der Waals surface area contributed by atoms with Crippen LogP contribution < -0.4 is 10.6 Å². The van der Waals surface area contributed by atoms with Crippen LogP contribution >= 0.6 is 0 Å². The van der Waals surface area contributed by atoms with Crippen molar-refractivity contribution in [2.24, 2.45) is 0 Å². The van der Waals surface area contributed by atoms with Crippen molar-refractivity contribution in [3.8, 4) is 0 Å². The van der Waals surface area contributed by atoms with Crippen LogP contribution in [0.1, 0.15) is 0 Å². The van der Waals surface area contributed by atoms with Gasteiger partial charge in [-0.05, 0) is 0 Å². The van der Waals surface area contributed by atoms with E-state index in [1.165, 1.54) is 6.26 Å². The lowest BCUT2D eigenvalue weighted by molar-refractivity contribution is 0.253. The van der Waals surface area contributed by atoms with E-state index in [2.05, 4.69) is 26.9 Å². The number of nitrogens with zero attached hydrogens (tertiary/aromatic N) is 1. The van der Waals surface area contributed by atoms with Gasteiger partial charge in [0.05, 0.1) is 0 Å². The first-order valence-corrected chi connectivity index (χ1v) is 3.39. The van der Waals surface area contributed by atoms with Gasteiger partial charge in [-0.3, -0.25) is 5.32 Å². The van der Waals surface area contributed by atoms with E-state index < -0.39 is 0 Å². The third-order valence-corrected chi connectivity index (χ3v) is 1.09. The number of urea groups is 1. The Kier molecular flexibility index (Phi) is 2.89. The first-order chi connectivity index (χ1) is 5.83. The second kappa shape index (κ2) is 4.17. The van der Waals surface area contributed by atoms with Crippen LogP contribution in [-0.4, -0.2) is 17.7 Å². The second-order valence-electron chi connectivity index (χ2n) is 2.01. The number of carbonyl (C=O) groups excluding carboxylic acids is 1. The Hall–Kier alpha value is -1.78. The zero-order valence-corrected chi connectivity index (χ0v) is 6.41. The van der Waals surface area contributed by atoms with E-state index >= 15 is 0 Å². The van der Waals surface area contributed by atoms with Gasteiger partial charge in [0.2, 0.25) is 0 Å². The highest BCUT2D eigenvalue weighted by atomic mass is 16.5. The van der Waals surface area contributed by atoms with E-state index in [0.717, 1.165) is 0 Å². The predicted molar refractivity (Wildman–Crippen MR) is 43.7 cm³/mol. The van der Waals surface area contributed by atoms with Crippen LogP contribution in [0.2, 0.25) is 0 Å². The molecular weight excluding hydrogens is 158 g/mol. The van der Waals surface area contributed by atoms with Gasteiger partial charge in [-0.25, -0.2) is 4.79 Å². The molecule has 2 N–H and O–H groups in total. The molecule has 0 aliphatic carbocycles. The van der Waals surface area contributed by atoms with Crippen molar-refractivity contribution in [3.05, 3.63) is 25.0 Å². The highest BCUT2D eigenvalue weighted by Crippen LogP contribution is 1.99. The molecule has 0 fully saturated rings. The molecule has 12 heavy (non-hydrogen) atoms. The largest absolute Gasteiger partial charge is 0.363 e. The molecule has 1 rings (SSSR count). The summed E-state index contributed by atoms with van der Waals surface area (Å²) < 4.78 is 4.51. The van der Waals surface area contributed by atoms with E-state index in [1.54, 1.807) is 12.1 Å². The molecule has 1 aromatic heterocycles. The molecule has 5 heteroatoms. The summed E-state index contributed by atoms with van der Waals surface area (Å²) >= 11 is 0. The summed E-state index contributed by atoms with van der Waals surface area (Å²) in [5, 5.41) is 8.47.